The van der Waals surface area contributed by atoms with E-state index in [0.29, 0.717) is 5.75 Å². The van der Waals surface area contributed by atoms with Gasteiger partial charge in [-0.3, -0.25) is 0 Å². The summed E-state index contributed by atoms with van der Waals surface area (Å²) >= 11 is 4.16. The quantitative estimate of drug-likeness (QED) is 0.672. The molecule has 2 aromatic heterocycles. The minimum atomic E-state index is 0.696. The van der Waals surface area contributed by atoms with Crippen molar-refractivity contribution in [1.29, 1.82) is 0 Å². The highest BCUT2D eigenvalue weighted by atomic mass is 32.1. The number of thiol groups is 1. The molecule has 0 saturated heterocycles. The zero-order valence-electron chi connectivity index (χ0n) is 6.73. The number of hydrogen-bond acceptors (Lipinski definition) is 3. The highest BCUT2D eigenvalue weighted by Crippen LogP contribution is 2.05. The first-order chi connectivity index (χ1) is 5.79. The lowest BCUT2D eigenvalue weighted by molar-refractivity contribution is 0.906. The average molecular weight is 179 g/mol. The zero-order valence-corrected chi connectivity index (χ0v) is 7.62. The van der Waals surface area contributed by atoms with E-state index in [2.05, 4.69) is 22.7 Å². The Kier molecular flexibility index (Phi) is 1.77. The SMILES string of the molecule is Cc1cc2ncc(CS)cn2n1. The van der Waals surface area contributed by atoms with Gasteiger partial charge in [-0.1, -0.05) is 0 Å². The third-order valence-electron chi connectivity index (χ3n) is 1.67. The molecule has 0 saturated carbocycles. The molecular formula is C8H9N3S. The highest BCUT2D eigenvalue weighted by Gasteiger charge is 1.98. The Morgan fingerprint density at radius 2 is 2.42 bits per heavy atom. The second kappa shape index (κ2) is 2.79. The Hall–Kier alpha value is -1.03. The van der Waals surface area contributed by atoms with E-state index in [9.17, 15) is 0 Å². The standard InChI is InChI=1S/C8H9N3S/c1-6-2-8-9-3-7(5-12)4-11(8)10-6/h2-4,12H,5H2,1H3. The van der Waals surface area contributed by atoms with Gasteiger partial charge in [-0.05, 0) is 12.5 Å². The summed E-state index contributed by atoms with van der Waals surface area (Å²) in [6, 6.07) is 1.95. The second-order valence-electron chi connectivity index (χ2n) is 2.71. The van der Waals surface area contributed by atoms with Gasteiger partial charge in [-0.25, -0.2) is 9.50 Å². The Morgan fingerprint density at radius 1 is 1.58 bits per heavy atom. The van der Waals surface area contributed by atoms with Crippen molar-refractivity contribution in [3.63, 3.8) is 0 Å². The van der Waals surface area contributed by atoms with E-state index >= 15 is 0 Å². The van der Waals surface area contributed by atoms with Gasteiger partial charge in [0.15, 0.2) is 5.65 Å². The topological polar surface area (TPSA) is 30.2 Å². The molecule has 0 fully saturated rings. The molecule has 0 spiro atoms. The first kappa shape index (κ1) is 7.61. The predicted octanol–water partition coefficient (Wildman–Crippen LogP) is 1.47. The van der Waals surface area contributed by atoms with Crippen LogP contribution in [0.4, 0.5) is 0 Å². The van der Waals surface area contributed by atoms with Crippen LogP contribution < -0.4 is 0 Å². The lowest BCUT2D eigenvalue weighted by Crippen LogP contribution is -1.92. The van der Waals surface area contributed by atoms with Crippen LogP contribution >= 0.6 is 12.6 Å². The number of fused-ring (bicyclic) bond motifs is 1. The Labute approximate surface area is 75.8 Å². The summed E-state index contributed by atoms with van der Waals surface area (Å²) in [5.41, 5.74) is 2.95. The van der Waals surface area contributed by atoms with Crippen molar-refractivity contribution in [2.24, 2.45) is 0 Å². The fraction of sp³-hybridized carbons (Fsp3) is 0.250. The molecule has 0 bridgehead atoms. The van der Waals surface area contributed by atoms with Crippen molar-refractivity contribution in [1.82, 2.24) is 14.6 Å². The maximum Gasteiger partial charge on any atom is 0.155 e. The summed E-state index contributed by atoms with van der Waals surface area (Å²) in [6.07, 6.45) is 3.77. The molecule has 0 N–H and O–H groups in total. The van der Waals surface area contributed by atoms with Crippen molar-refractivity contribution in [2.75, 3.05) is 0 Å². The molecular weight excluding hydrogens is 170 g/mol. The molecule has 0 atom stereocenters. The van der Waals surface area contributed by atoms with Crippen LogP contribution in [-0.4, -0.2) is 14.6 Å². The van der Waals surface area contributed by atoms with Crippen molar-refractivity contribution >= 4 is 18.3 Å². The van der Waals surface area contributed by atoms with E-state index in [1.165, 1.54) is 0 Å². The monoisotopic (exact) mass is 179 g/mol. The number of aryl methyl sites for hydroxylation is 1. The molecule has 3 nitrogen and oxygen atoms in total. The number of rotatable bonds is 1. The number of nitrogens with zero attached hydrogens (tertiary/aromatic N) is 3. The minimum absolute atomic E-state index is 0.696. The van der Waals surface area contributed by atoms with E-state index in [-0.39, 0.29) is 0 Å². The third-order valence-corrected chi connectivity index (χ3v) is 2.04. The normalized spacial score (nSPS) is 10.8. The van der Waals surface area contributed by atoms with E-state index < -0.39 is 0 Å². The zero-order chi connectivity index (χ0) is 8.55. The van der Waals surface area contributed by atoms with Crippen LogP contribution in [-0.2, 0) is 5.75 Å². The van der Waals surface area contributed by atoms with Gasteiger partial charge in [0.05, 0.1) is 5.69 Å². The minimum Gasteiger partial charge on any atom is -0.237 e. The molecule has 0 radical (unpaired) electrons. The summed E-state index contributed by atoms with van der Waals surface area (Å²) in [5, 5.41) is 4.24. The lowest BCUT2D eigenvalue weighted by Gasteiger charge is -1.95. The molecule has 2 aromatic rings. The largest absolute Gasteiger partial charge is 0.237 e. The van der Waals surface area contributed by atoms with Crippen LogP contribution in [0.25, 0.3) is 5.65 Å². The maximum absolute atomic E-state index is 4.24. The Bertz CT molecular complexity index is 408. The molecule has 2 rings (SSSR count). The summed E-state index contributed by atoms with van der Waals surface area (Å²) in [4.78, 5) is 4.22. The molecule has 0 aromatic carbocycles. The fourth-order valence-electron chi connectivity index (χ4n) is 1.12. The molecule has 0 aliphatic carbocycles. The molecule has 2 heterocycles. The molecule has 12 heavy (non-hydrogen) atoms. The van der Waals surface area contributed by atoms with Crippen LogP contribution in [0, 0.1) is 6.92 Å². The Morgan fingerprint density at radius 3 is 3.17 bits per heavy atom. The van der Waals surface area contributed by atoms with Crippen LogP contribution in [0.2, 0.25) is 0 Å². The molecule has 0 aliphatic rings. The van der Waals surface area contributed by atoms with E-state index in [1.807, 2.05) is 25.4 Å². The molecule has 0 unspecified atom stereocenters. The molecule has 62 valence electrons. The van der Waals surface area contributed by atoms with Gasteiger partial charge in [0, 0.05) is 24.2 Å². The van der Waals surface area contributed by atoms with Crippen LogP contribution in [0.1, 0.15) is 11.3 Å². The summed E-state index contributed by atoms with van der Waals surface area (Å²) in [7, 11) is 0. The highest BCUT2D eigenvalue weighted by molar-refractivity contribution is 7.79. The van der Waals surface area contributed by atoms with E-state index in [1.54, 1.807) is 4.52 Å². The van der Waals surface area contributed by atoms with Gasteiger partial charge in [-0.15, -0.1) is 0 Å². The molecule has 4 heteroatoms. The van der Waals surface area contributed by atoms with Crippen LogP contribution in [0.5, 0.6) is 0 Å². The summed E-state index contributed by atoms with van der Waals surface area (Å²) < 4.78 is 1.78. The smallest absolute Gasteiger partial charge is 0.155 e. The number of hydrogen-bond donors (Lipinski definition) is 1. The van der Waals surface area contributed by atoms with Gasteiger partial charge in [0.1, 0.15) is 0 Å². The summed E-state index contributed by atoms with van der Waals surface area (Å²) in [6.45, 7) is 1.95. The van der Waals surface area contributed by atoms with Crippen molar-refractivity contribution in [3.05, 3.63) is 29.7 Å². The lowest BCUT2D eigenvalue weighted by atomic mass is 10.4. The predicted molar refractivity (Wildman–Crippen MR) is 50.4 cm³/mol. The van der Waals surface area contributed by atoms with Crippen molar-refractivity contribution < 1.29 is 0 Å². The number of aromatic nitrogens is 3. The molecule has 0 aliphatic heterocycles. The molecule has 0 amide bonds. The fourth-order valence-corrected chi connectivity index (χ4v) is 1.28. The van der Waals surface area contributed by atoms with Crippen LogP contribution in [0.15, 0.2) is 18.5 Å². The summed E-state index contributed by atoms with van der Waals surface area (Å²) in [5.74, 6) is 0.696. The van der Waals surface area contributed by atoms with Gasteiger partial charge in [-0.2, -0.15) is 17.7 Å². The van der Waals surface area contributed by atoms with Gasteiger partial charge < -0.3 is 0 Å². The van der Waals surface area contributed by atoms with E-state index in [4.69, 9.17) is 0 Å². The average Bonchev–Trinajstić information content (AvgIpc) is 2.43. The second-order valence-corrected chi connectivity index (χ2v) is 3.03. The van der Waals surface area contributed by atoms with E-state index in [0.717, 1.165) is 16.9 Å². The maximum atomic E-state index is 4.24. The van der Waals surface area contributed by atoms with Gasteiger partial charge in [0.2, 0.25) is 0 Å². The first-order valence-electron chi connectivity index (χ1n) is 3.71. The third kappa shape index (κ3) is 1.18. The van der Waals surface area contributed by atoms with Crippen molar-refractivity contribution in [3.8, 4) is 0 Å². The van der Waals surface area contributed by atoms with Crippen LogP contribution in [0.3, 0.4) is 0 Å². The Balaban J connectivity index is 2.66. The van der Waals surface area contributed by atoms with Gasteiger partial charge >= 0.3 is 0 Å². The first-order valence-corrected chi connectivity index (χ1v) is 4.34. The van der Waals surface area contributed by atoms with Gasteiger partial charge in [0.25, 0.3) is 0 Å². The van der Waals surface area contributed by atoms with Crippen molar-refractivity contribution in [2.45, 2.75) is 12.7 Å².